The highest BCUT2D eigenvalue weighted by Gasteiger charge is 2.19. The Morgan fingerprint density at radius 3 is 2.57 bits per heavy atom. The molecule has 0 radical (unpaired) electrons. The van der Waals surface area contributed by atoms with Gasteiger partial charge < -0.3 is 10.1 Å². The van der Waals surface area contributed by atoms with Gasteiger partial charge >= 0.3 is 0 Å². The highest BCUT2D eigenvalue weighted by molar-refractivity contribution is 8.04. The number of Topliss-reactive ketones (excluding diaryl/α,β-unsaturated/α-hetero) is 1. The number of thioether (sulfide) groups is 1. The van der Waals surface area contributed by atoms with Gasteiger partial charge in [-0.3, -0.25) is 4.79 Å². The third-order valence-corrected chi connectivity index (χ3v) is 4.48. The Balaban J connectivity index is 1.87. The minimum atomic E-state index is 0.0741. The van der Waals surface area contributed by atoms with E-state index in [-0.39, 0.29) is 5.78 Å². The molecule has 1 aliphatic rings. The van der Waals surface area contributed by atoms with Crippen molar-refractivity contribution in [3.8, 4) is 11.5 Å². The van der Waals surface area contributed by atoms with Gasteiger partial charge in [-0.25, -0.2) is 0 Å². The zero-order valence-electron chi connectivity index (χ0n) is 11.8. The normalized spacial score (nSPS) is 13.4. The first-order valence-corrected chi connectivity index (χ1v) is 7.49. The number of hydrogen-bond acceptors (Lipinski definition) is 4. The van der Waals surface area contributed by atoms with Gasteiger partial charge in [0.25, 0.3) is 0 Å². The number of carbonyl (C=O) groups excluding carboxylic acids is 1. The molecular formula is C17H15NO2S. The number of allylic oxidation sites excluding steroid dienone is 2. The van der Waals surface area contributed by atoms with E-state index < -0.39 is 0 Å². The Hall–Kier alpha value is -2.20. The maximum Gasteiger partial charge on any atom is 0.168 e. The SMILES string of the molecule is CC(=O)C1=C(C)Nc2ccc(Oc3ccccc3)cc2S1. The quantitative estimate of drug-likeness (QED) is 0.881. The second-order valence-corrected chi connectivity index (χ2v) is 5.86. The monoisotopic (exact) mass is 297 g/mol. The molecule has 2 aromatic rings. The van der Waals surface area contributed by atoms with Gasteiger partial charge in [0.15, 0.2) is 5.78 Å². The maximum absolute atomic E-state index is 11.6. The Kier molecular flexibility index (Phi) is 3.71. The summed E-state index contributed by atoms with van der Waals surface area (Å²) in [6.45, 7) is 3.50. The van der Waals surface area contributed by atoms with Crippen molar-refractivity contribution in [3.05, 3.63) is 59.1 Å². The van der Waals surface area contributed by atoms with E-state index in [1.54, 1.807) is 6.92 Å². The fourth-order valence-corrected chi connectivity index (χ4v) is 3.13. The lowest BCUT2D eigenvalue weighted by Gasteiger charge is -2.21. The molecule has 3 nitrogen and oxygen atoms in total. The summed E-state index contributed by atoms with van der Waals surface area (Å²) in [5, 5.41) is 3.26. The number of ketones is 1. The summed E-state index contributed by atoms with van der Waals surface area (Å²) >= 11 is 1.49. The van der Waals surface area contributed by atoms with E-state index in [2.05, 4.69) is 5.32 Å². The molecule has 0 spiro atoms. The van der Waals surface area contributed by atoms with Crippen LogP contribution in [0.1, 0.15) is 13.8 Å². The lowest BCUT2D eigenvalue weighted by Crippen LogP contribution is -2.09. The molecule has 4 heteroatoms. The van der Waals surface area contributed by atoms with Gasteiger partial charge in [-0.2, -0.15) is 0 Å². The van der Waals surface area contributed by atoms with Crippen LogP contribution in [-0.2, 0) is 4.79 Å². The summed E-state index contributed by atoms with van der Waals surface area (Å²) in [4.78, 5) is 13.4. The van der Waals surface area contributed by atoms with Crippen LogP contribution in [0.5, 0.6) is 11.5 Å². The average Bonchev–Trinajstić information content (AvgIpc) is 2.47. The second kappa shape index (κ2) is 5.66. The summed E-state index contributed by atoms with van der Waals surface area (Å²) in [7, 11) is 0. The summed E-state index contributed by atoms with van der Waals surface area (Å²) < 4.78 is 5.82. The van der Waals surface area contributed by atoms with Crippen LogP contribution in [0.2, 0.25) is 0 Å². The van der Waals surface area contributed by atoms with Crippen molar-refractivity contribution in [2.75, 3.05) is 5.32 Å². The molecule has 0 unspecified atom stereocenters. The lowest BCUT2D eigenvalue weighted by atomic mass is 10.2. The van der Waals surface area contributed by atoms with Crippen LogP contribution < -0.4 is 10.1 Å². The molecular weight excluding hydrogens is 282 g/mol. The lowest BCUT2D eigenvalue weighted by molar-refractivity contribution is -0.113. The first-order chi connectivity index (χ1) is 10.1. The van der Waals surface area contributed by atoms with E-state index in [4.69, 9.17) is 4.74 Å². The molecule has 0 bridgehead atoms. The largest absolute Gasteiger partial charge is 0.457 e. The molecule has 21 heavy (non-hydrogen) atoms. The van der Waals surface area contributed by atoms with Gasteiger partial charge in [0.1, 0.15) is 11.5 Å². The van der Waals surface area contributed by atoms with E-state index in [1.165, 1.54) is 11.8 Å². The van der Waals surface area contributed by atoms with Crippen LogP contribution in [0.4, 0.5) is 5.69 Å². The van der Waals surface area contributed by atoms with Gasteiger partial charge in [0.2, 0.25) is 0 Å². The Morgan fingerprint density at radius 2 is 1.86 bits per heavy atom. The number of anilines is 1. The van der Waals surface area contributed by atoms with E-state index in [9.17, 15) is 4.79 Å². The summed E-state index contributed by atoms with van der Waals surface area (Å²) in [5.74, 6) is 1.63. The van der Waals surface area contributed by atoms with Crippen LogP contribution in [0.3, 0.4) is 0 Å². The van der Waals surface area contributed by atoms with Crippen LogP contribution in [0.15, 0.2) is 64.0 Å². The molecule has 1 N–H and O–H groups in total. The van der Waals surface area contributed by atoms with Crippen molar-refractivity contribution in [1.29, 1.82) is 0 Å². The fraction of sp³-hybridized carbons (Fsp3) is 0.118. The number of nitrogens with one attached hydrogen (secondary N) is 1. The standard InChI is InChI=1S/C17H15NO2S/c1-11-17(12(2)19)21-16-10-14(8-9-15(16)18-11)20-13-6-4-3-5-7-13/h3-10,18H,1-2H3. The summed E-state index contributed by atoms with van der Waals surface area (Å²) in [6, 6.07) is 15.5. The van der Waals surface area contributed by atoms with Crippen molar-refractivity contribution in [3.63, 3.8) is 0 Å². The van der Waals surface area contributed by atoms with E-state index in [0.717, 1.165) is 32.7 Å². The number of rotatable bonds is 3. The molecule has 0 aliphatic carbocycles. The van der Waals surface area contributed by atoms with Crippen molar-refractivity contribution in [2.45, 2.75) is 18.7 Å². The molecule has 0 amide bonds. The number of hydrogen-bond donors (Lipinski definition) is 1. The Labute approximate surface area is 128 Å². The Bertz CT molecular complexity index is 723. The zero-order chi connectivity index (χ0) is 14.8. The van der Waals surface area contributed by atoms with Gasteiger partial charge in [-0.15, -0.1) is 0 Å². The molecule has 106 valence electrons. The minimum absolute atomic E-state index is 0.0741. The van der Waals surface area contributed by atoms with Crippen LogP contribution in [-0.4, -0.2) is 5.78 Å². The molecule has 0 saturated heterocycles. The number of ether oxygens (including phenoxy) is 1. The van der Waals surface area contributed by atoms with Crippen molar-refractivity contribution >= 4 is 23.2 Å². The topological polar surface area (TPSA) is 38.3 Å². The predicted octanol–water partition coefficient (Wildman–Crippen LogP) is 4.82. The van der Waals surface area contributed by atoms with Crippen LogP contribution in [0.25, 0.3) is 0 Å². The van der Waals surface area contributed by atoms with Gasteiger partial charge in [0.05, 0.1) is 10.6 Å². The highest BCUT2D eigenvalue weighted by Crippen LogP contribution is 2.42. The first-order valence-electron chi connectivity index (χ1n) is 6.67. The molecule has 0 fully saturated rings. The number of benzene rings is 2. The Morgan fingerprint density at radius 1 is 1.10 bits per heavy atom. The number of para-hydroxylation sites is 1. The number of carbonyl (C=O) groups is 1. The van der Waals surface area contributed by atoms with Crippen LogP contribution >= 0.6 is 11.8 Å². The highest BCUT2D eigenvalue weighted by atomic mass is 32.2. The van der Waals surface area contributed by atoms with Crippen molar-refractivity contribution in [1.82, 2.24) is 0 Å². The second-order valence-electron chi connectivity index (χ2n) is 4.81. The predicted molar refractivity (Wildman–Crippen MR) is 85.8 cm³/mol. The minimum Gasteiger partial charge on any atom is -0.457 e. The molecule has 3 rings (SSSR count). The molecule has 1 heterocycles. The molecule has 0 atom stereocenters. The molecule has 0 saturated carbocycles. The third kappa shape index (κ3) is 2.95. The van der Waals surface area contributed by atoms with Crippen LogP contribution in [0, 0.1) is 0 Å². The first kappa shape index (κ1) is 13.8. The molecule has 1 aliphatic heterocycles. The third-order valence-electron chi connectivity index (χ3n) is 3.13. The van der Waals surface area contributed by atoms with Crippen molar-refractivity contribution < 1.29 is 9.53 Å². The van der Waals surface area contributed by atoms with E-state index in [1.807, 2.05) is 55.5 Å². The fourth-order valence-electron chi connectivity index (χ4n) is 2.16. The number of fused-ring (bicyclic) bond motifs is 1. The smallest absolute Gasteiger partial charge is 0.168 e. The van der Waals surface area contributed by atoms with E-state index >= 15 is 0 Å². The van der Waals surface area contributed by atoms with Crippen molar-refractivity contribution in [2.24, 2.45) is 0 Å². The zero-order valence-corrected chi connectivity index (χ0v) is 12.7. The maximum atomic E-state index is 11.6. The van der Waals surface area contributed by atoms with Gasteiger partial charge in [-0.05, 0) is 44.2 Å². The molecule has 0 aromatic heterocycles. The van der Waals surface area contributed by atoms with Gasteiger partial charge in [-0.1, -0.05) is 30.0 Å². The molecule has 2 aromatic carbocycles. The van der Waals surface area contributed by atoms with Gasteiger partial charge in [0, 0.05) is 10.6 Å². The summed E-state index contributed by atoms with van der Waals surface area (Å²) in [6.07, 6.45) is 0. The summed E-state index contributed by atoms with van der Waals surface area (Å²) in [5.41, 5.74) is 1.90. The average molecular weight is 297 g/mol. The van der Waals surface area contributed by atoms with E-state index in [0.29, 0.717) is 0 Å².